The van der Waals surface area contributed by atoms with Crippen LogP contribution in [0.2, 0.25) is 0 Å². The van der Waals surface area contributed by atoms with Gasteiger partial charge in [0.05, 0.1) is 18.5 Å². The van der Waals surface area contributed by atoms with Crippen LogP contribution in [0.5, 0.6) is 5.75 Å². The summed E-state index contributed by atoms with van der Waals surface area (Å²) in [5, 5.41) is 7.43. The van der Waals surface area contributed by atoms with E-state index >= 15 is 0 Å². The van der Waals surface area contributed by atoms with E-state index in [9.17, 15) is 13.2 Å². The number of halogens is 3. The zero-order valence-corrected chi connectivity index (χ0v) is 22.0. The van der Waals surface area contributed by atoms with Crippen molar-refractivity contribution >= 4 is 5.95 Å². The molecule has 0 amide bonds. The van der Waals surface area contributed by atoms with Crippen molar-refractivity contribution in [3.05, 3.63) is 59.3 Å². The van der Waals surface area contributed by atoms with Crippen molar-refractivity contribution < 1.29 is 27.2 Å². The van der Waals surface area contributed by atoms with Crippen LogP contribution in [0, 0.1) is 23.4 Å². The fraction of sp³-hybridized carbons (Fsp3) is 0.538. The average molecular weight is 548 g/mol. The highest BCUT2D eigenvalue weighted by Crippen LogP contribution is 2.35. The largest absolute Gasteiger partial charge is 0.477 e. The number of methoxy groups -OCH3 is 1. The van der Waals surface area contributed by atoms with Gasteiger partial charge in [-0.2, -0.15) is 4.98 Å². The topological polar surface area (TPSA) is 124 Å². The Labute approximate surface area is 224 Å². The molecule has 5 atom stereocenters. The molecule has 1 unspecified atom stereocenters. The summed E-state index contributed by atoms with van der Waals surface area (Å²) in [7, 11) is 1.66. The van der Waals surface area contributed by atoms with E-state index in [1.165, 1.54) is 12.4 Å². The molecule has 210 valence electrons. The minimum Gasteiger partial charge on any atom is -0.477 e. The molecule has 2 aliphatic heterocycles. The monoisotopic (exact) mass is 547 g/mol. The summed E-state index contributed by atoms with van der Waals surface area (Å²) < 4.78 is 59.2. The first-order valence-corrected chi connectivity index (χ1v) is 13.0. The minimum absolute atomic E-state index is 0.0293. The number of ether oxygens (including phenoxy) is 2. The van der Waals surface area contributed by atoms with E-state index < -0.39 is 35.5 Å². The van der Waals surface area contributed by atoms with Gasteiger partial charge in [0, 0.05) is 56.6 Å². The maximum absolute atomic E-state index is 14.4. The summed E-state index contributed by atoms with van der Waals surface area (Å²) in [6.07, 6.45) is 3.14. The summed E-state index contributed by atoms with van der Waals surface area (Å²) in [6, 6.07) is 0.891. The van der Waals surface area contributed by atoms with Gasteiger partial charge in [-0.3, -0.25) is 0 Å². The van der Waals surface area contributed by atoms with Crippen LogP contribution in [0.15, 0.2) is 29.0 Å². The Bertz CT molecular complexity index is 1280. The zero-order valence-electron chi connectivity index (χ0n) is 22.0. The molecule has 13 heteroatoms. The number of nitrogens with one attached hydrogen (secondary N) is 1. The number of nitrogens with two attached hydrogens (primary N) is 1. The second-order valence-corrected chi connectivity index (χ2v) is 10.3. The predicted molar refractivity (Wildman–Crippen MR) is 135 cm³/mol. The molecular weight excluding hydrogens is 515 g/mol. The number of nitrogens with zero attached hydrogens (tertiary/aromatic N) is 5. The Morgan fingerprint density at radius 2 is 1.85 bits per heavy atom. The van der Waals surface area contributed by atoms with E-state index in [1.807, 2.05) is 13.8 Å². The third-order valence-electron chi connectivity index (χ3n) is 7.35. The molecule has 2 aliphatic rings. The van der Waals surface area contributed by atoms with Gasteiger partial charge in [0.2, 0.25) is 5.95 Å². The number of benzene rings is 1. The van der Waals surface area contributed by atoms with E-state index in [4.69, 9.17) is 19.7 Å². The molecule has 2 fully saturated rings. The normalized spacial score (nSPS) is 24.4. The number of aromatic nitrogens is 4. The SMILES string of the molecule is CO[C@H]1CNCC[C@@H]1C(Oc1cnc(N2C[C@H](c3cc(F)c(F)cc3F)[C@@H](N)C2)nc1)c1nc(C(C)C)no1. The van der Waals surface area contributed by atoms with Crippen LogP contribution < -0.4 is 20.7 Å². The second-order valence-electron chi connectivity index (χ2n) is 10.3. The van der Waals surface area contributed by atoms with Gasteiger partial charge in [-0.1, -0.05) is 19.0 Å². The van der Waals surface area contributed by atoms with Crippen molar-refractivity contribution in [3.8, 4) is 5.75 Å². The maximum Gasteiger partial charge on any atom is 0.268 e. The van der Waals surface area contributed by atoms with Crippen LogP contribution in [0.4, 0.5) is 19.1 Å². The number of rotatable bonds is 8. The number of hydrogen-bond acceptors (Lipinski definition) is 10. The molecule has 0 radical (unpaired) electrons. The van der Waals surface area contributed by atoms with Gasteiger partial charge < -0.3 is 29.9 Å². The van der Waals surface area contributed by atoms with Crippen LogP contribution in [-0.2, 0) is 4.74 Å². The van der Waals surface area contributed by atoms with E-state index in [0.29, 0.717) is 42.6 Å². The Hall–Kier alpha value is -3.29. The lowest BCUT2D eigenvalue weighted by Gasteiger charge is -2.34. The number of hydrogen-bond donors (Lipinski definition) is 2. The standard InChI is InChI=1S/C26H32F3N7O3/c1-13(2)24-34-25(39-35-24)23(15-4-5-31-10-22(15)37-3)38-14-8-32-26(33-9-14)36-11-17(21(30)12-36)16-6-19(28)20(29)7-18(16)27/h6-9,13,15,17,21-23,31H,4-5,10-12,30H2,1-3H3/t15-,17+,21-,22-,23?/m0/s1. The van der Waals surface area contributed by atoms with Gasteiger partial charge in [-0.15, -0.1) is 0 Å². The summed E-state index contributed by atoms with van der Waals surface area (Å²) in [5.74, 6) is -2.00. The molecule has 0 aliphatic carbocycles. The van der Waals surface area contributed by atoms with E-state index in [1.54, 1.807) is 12.0 Å². The molecule has 0 spiro atoms. The highest BCUT2D eigenvalue weighted by Gasteiger charge is 2.39. The van der Waals surface area contributed by atoms with Gasteiger partial charge in [0.25, 0.3) is 5.89 Å². The molecule has 0 bridgehead atoms. The molecule has 4 heterocycles. The zero-order chi connectivity index (χ0) is 27.7. The van der Waals surface area contributed by atoms with Crippen LogP contribution in [0.1, 0.15) is 55.5 Å². The molecule has 3 aromatic rings. The lowest BCUT2D eigenvalue weighted by Crippen LogP contribution is -2.45. The first kappa shape index (κ1) is 27.3. The Morgan fingerprint density at radius 1 is 1.10 bits per heavy atom. The Morgan fingerprint density at radius 3 is 2.54 bits per heavy atom. The van der Waals surface area contributed by atoms with Crippen molar-refractivity contribution in [3.63, 3.8) is 0 Å². The molecule has 2 saturated heterocycles. The lowest BCUT2D eigenvalue weighted by atomic mass is 9.89. The van der Waals surface area contributed by atoms with E-state index in [2.05, 4.69) is 25.4 Å². The van der Waals surface area contributed by atoms with Crippen LogP contribution in [-0.4, -0.2) is 65.5 Å². The van der Waals surface area contributed by atoms with Crippen LogP contribution in [0.25, 0.3) is 0 Å². The maximum atomic E-state index is 14.4. The van der Waals surface area contributed by atoms with Gasteiger partial charge in [0.15, 0.2) is 29.3 Å². The molecule has 39 heavy (non-hydrogen) atoms. The lowest BCUT2D eigenvalue weighted by molar-refractivity contribution is -0.0307. The molecule has 3 N–H and O–H groups in total. The quantitative estimate of drug-likeness (QED) is 0.407. The third-order valence-corrected chi connectivity index (χ3v) is 7.35. The van der Waals surface area contributed by atoms with E-state index in [-0.39, 0.29) is 30.0 Å². The first-order valence-electron chi connectivity index (χ1n) is 13.0. The highest BCUT2D eigenvalue weighted by molar-refractivity contribution is 5.39. The predicted octanol–water partition coefficient (Wildman–Crippen LogP) is 3.08. The van der Waals surface area contributed by atoms with Crippen molar-refractivity contribution in [2.75, 3.05) is 38.2 Å². The molecule has 0 saturated carbocycles. The molecule has 10 nitrogen and oxygen atoms in total. The van der Waals surface area contributed by atoms with Gasteiger partial charge >= 0.3 is 0 Å². The van der Waals surface area contributed by atoms with Gasteiger partial charge in [0.1, 0.15) is 5.82 Å². The van der Waals surface area contributed by atoms with Gasteiger partial charge in [-0.25, -0.2) is 23.1 Å². The fourth-order valence-electron chi connectivity index (χ4n) is 5.20. The molecule has 2 aromatic heterocycles. The average Bonchev–Trinajstić information content (AvgIpc) is 3.57. The summed E-state index contributed by atoms with van der Waals surface area (Å²) in [4.78, 5) is 15.2. The fourth-order valence-corrected chi connectivity index (χ4v) is 5.20. The smallest absolute Gasteiger partial charge is 0.268 e. The van der Waals surface area contributed by atoms with Gasteiger partial charge in [-0.05, 0) is 24.6 Å². The molecule has 5 rings (SSSR count). The van der Waals surface area contributed by atoms with Crippen molar-refractivity contribution in [2.45, 2.75) is 50.4 Å². The third kappa shape index (κ3) is 5.70. The highest BCUT2D eigenvalue weighted by atomic mass is 19.2. The van der Waals surface area contributed by atoms with Crippen LogP contribution >= 0.6 is 0 Å². The van der Waals surface area contributed by atoms with E-state index in [0.717, 1.165) is 19.0 Å². The summed E-state index contributed by atoms with van der Waals surface area (Å²) in [5.41, 5.74) is 6.27. The molecule has 1 aromatic carbocycles. The number of anilines is 1. The second kappa shape index (κ2) is 11.4. The summed E-state index contributed by atoms with van der Waals surface area (Å²) in [6.45, 7) is 5.98. The van der Waals surface area contributed by atoms with Crippen molar-refractivity contribution in [1.29, 1.82) is 0 Å². The summed E-state index contributed by atoms with van der Waals surface area (Å²) >= 11 is 0. The minimum atomic E-state index is -1.24. The Kier molecular flexibility index (Phi) is 8.01. The number of piperidine rings is 1. The van der Waals surface area contributed by atoms with Crippen molar-refractivity contribution in [2.24, 2.45) is 11.7 Å². The first-order chi connectivity index (χ1) is 18.7. The van der Waals surface area contributed by atoms with Crippen molar-refractivity contribution in [1.82, 2.24) is 25.4 Å². The Balaban J connectivity index is 1.34. The van der Waals surface area contributed by atoms with Crippen LogP contribution in [0.3, 0.4) is 0 Å². The molecular formula is C26H32F3N7O3.